The lowest BCUT2D eigenvalue weighted by atomic mass is 10.1. The number of nitrogens with zero attached hydrogens (tertiary/aromatic N) is 3. The number of benzene rings is 5. The van der Waals surface area contributed by atoms with Gasteiger partial charge in [-0.3, -0.25) is 24.3 Å². The molecule has 0 atom stereocenters. The minimum atomic E-state index is -0.554. The summed E-state index contributed by atoms with van der Waals surface area (Å²) in [5.74, 6) is 0.0420. The molecule has 0 saturated carbocycles. The maximum absolute atomic E-state index is 14.0. The summed E-state index contributed by atoms with van der Waals surface area (Å²) in [4.78, 5) is 42.3. The van der Waals surface area contributed by atoms with Crippen LogP contribution in [0.5, 0.6) is 0 Å². The smallest absolute Gasteiger partial charge is 0.292 e. The summed E-state index contributed by atoms with van der Waals surface area (Å²) in [6.07, 6.45) is 0.290. The second-order valence-electron chi connectivity index (χ2n) is 10.6. The average molecular weight is 744 g/mol. The Balaban J connectivity index is 1.30. The van der Waals surface area contributed by atoms with Crippen LogP contribution in [0.2, 0.25) is 10.0 Å². The van der Waals surface area contributed by atoms with Crippen molar-refractivity contribution in [3.05, 3.63) is 156 Å². The van der Waals surface area contributed by atoms with Crippen molar-refractivity contribution < 1.29 is 9.72 Å². The zero-order chi connectivity index (χ0) is 33.8. The molecule has 1 heterocycles. The minimum Gasteiger partial charge on any atom is -0.376 e. The minimum absolute atomic E-state index is 0.110. The highest BCUT2D eigenvalue weighted by Crippen LogP contribution is 2.34. The van der Waals surface area contributed by atoms with Gasteiger partial charge in [-0.05, 0) is 72.3 Å². The Kier molecular flexibility index (Phi) is 9.72. The number of fused-ring (bicyclic) bond motifs is 1. The quantitative estimate of drug-likeness (QED) is 0.0945. The summed E-state index contributed by atoms with van der Waals surface area (Å²) >= 11 is 16.3. The number of rotatable bonds is 10. The van der Waals surface area contributed by atoms with Crippen molar-refractivity contribution in [3.63, 3.8) is 0 Å². The van der Waals surface area contributed by atoms with E-state index >= 15 is 0 Å². The fourth-order valence-electron chi connectivity index (χ4n) is 5.15. The Morgan fingerprint density at radius 1 is 0.875 bits per heavy atom. The molecule has 0 saturated heterocycles. The molecule has 13 heteroatoms. The Labute approximate surface area is 292 Å². The molecule has 240 valence electrons. The fraction of sp³-hybridized carbons (Fsp3) is 0.0571. The molecular weight excluding hydrogens is 719 g/mol. The molecule has 48 heavy (non-hydrogen) atoms. The van der Waals surface area contributed by atoms with Crippen LogP contribution in [-0.4, -0.2) is 26.9 Å². The van der Waals surface area contributed by atoms with E-state index in [1.54, 1.807) is 65.2 Å². The van der Waals surface area contributed by atoms with Crippen LogP contribution >= 0.6 is 39.1 Å². The van der Waals surface area contributed by atoms with Gasteiger partial charge in [0.05, 0.1) is 43.8 Å². The number of nitrogens with one attached hydrogen (secondary N) is 3. The third kappa shape index (κ3) is 7.18. The molecule has 1 amide bonds. The number of amides is 1. The fourth-order valence-corrected chi connectivity index (χ4v) is 6.00. The van der Waals surface area contributed by atoms with Crippen molar-refractivity contribution in [2.24, 2.45) is 0 Å². The Hall–Kier alpha value is -5.23. The van der Waals surface area contributed by atoms with E-state index in [-0.39, 0.29) is 29.9 Å². The number of nitro benzene ring substituents is 1. The van der Waals surface area contributed by atoms with Gasteiger partial charge in [-0.1, -0.05) is 75.5 Å². The van der Waals surface area contributed by atoms with Gasteiger partial charge in [-0.15, -0.1) is 0 Å². The Bertz CT molecular complexity index is 2220. The number of nitro groups is 1. The lowest BCUT2D eigenvalue weighted by Crippen LogP contribution is -2.24. The summed E-state index contributed by atoms with van der Waals surface area (Å²) in [5.41, 5.74) is 3.57. The molecular formula is C35H25BrCl2N6O4. The van der Waals surface area contributed by atoms with Crippen molar-refractivity contribution in [1.82, 2.24) is 9.55 Å². The van der Waals surface area contributed by atoms with Gasteiger partial charge in [-0.2, -0.15) is 0 Å². The van der Waals surface area contributed by atoms with E-state index in [0.717, 1.165) is 15.7 Å². The molecule has 3 N–H and O–H groups in total. The van der Waals surface area contributed by atoms with Gasteiger partial charge in [0.25, 0.3) is 11.2 Å². The topological polar surface area (TPSA) is 131 Å². The van der Waals surface area contributed by atoms with Crippen LogP contribution < -0.4 is 21.5 Å². The normalized spacial score (nSPS) is 10.9. The SMILES string of the molecule is O=C(CNc1ccc(-n2c(Cc3ccccc3Nc3c(Cl)cccc3Cl)nc3ccc(Br)cc3c2=O)cc1)Nc1ccccc1[N+](=O)[O-]. The standard InChI is InChI=1S/C35H25BrCl2N6O4/c36-22-12-17-29-25(19-22)35(46)43(32(40-29)18-21-6-1-2-9-28(21)42-34-26(37)7-5-8-27(34)38)24-15-13-23(14-16-24)39-20-33(45)41-30-10-3-4-11-31(30)44(47)48/h1-17,19,39,42H,18,20H2,(H,41,45). The predicted molar refractivity (Wildman–Crippen MR) is 194 cm³/mol. The van der Waals surface area contributed by atoms with Crippen molar-refractivity contribution >= 4 is 84.4 Å². The lowest BCUT2D eigenvalue weighted by Gasteiger charge is -2.17. The van der Waals surface area contributed by atoms with E-state index in [0.29, 0.717) is 43.8 Å². The summed E-state index contributed by atoms with van der Waals surface area (Å²) in [6, 6.07) is 31.2. The molecule has 6 aromatic rings. The highest BCUT2D eigenvalue weighted by molar-refractivity contribution is 9.10. The van der Waals surface area contributed by atoms with Gasteiger partial charge in [0.2, 0.25) is 5.91 Å². The maximum atomic E-state index is 14.0. The van der Waals surface area contributed by atoms with E-state index in [9.17, 15) is 19.7 Å². The van der Waals surface area contributed by atoms with Crippen molar-refractivity contribution in [3.8, 4) is 5.69 Å². The van der Waals surface area contributed by atoms with Crippen LogP contribution in [-0.2, 0) is 11.2 Å². The van der Waals surface area contributed by atoms with Gasteiger partial charge < -0.3 is 16.0 Å². The largest absolute Gasteiger partial charge is 0.376 e. The first-order valence-corrected chi connectivity index (χ1v) is 16.1. The number of para-hydroxylation sites is 4. The second-order valence-corrected chi connectivity index (χ2v) is 12.3. The first-order valence-electron chi connectivity index (χ1n) is 14.6. The zero-order valence-corrected chi connectivity index (χ0v) is 28.0. The number of carbonyl (C=O) groups is 1. The maximum Gasteiger partial charge on any atom is 0.292 e. The third-order valence-electron chi connectivity index (χ3n) is 7.44. The zero-order valence-electron chi connectivity index (χ0n) is 24.9. The Morgan fingerprint density at radius 2 is 1.56 bits per heavy atom. The van der Waals surface area contributed by atoms with Crippen LogP contribution in [0.15, 0.2) is 118 Å². The summed E-state index contributed by atoms with van der Waals surface area (Å²) < 4.78 is 2.32. The number of aromatic nitrogens is 2. The molecule has 0 radical (unpaired) electrons. The van der Waals surface area contributed by atoms with Gasteiger partial charge in [0.1, 0.15) is 11.5 Å². The molecule has 0 fully saturated rings. The number of anilines is 4. The summed E-state index contributed by atoms with van der Waals surface area (Å²) in [7, 11) is 0. The van der Waals surface area contributed by atoms with E-state index in [1.165, 1.54) is 18.2 Å². The molecule has 0 unspecified atom stereocenters. The number of hydrogen-bond acceptors (Lipinski definition) is 7. The van der Waals surface area contributed by atoms with Crippen LogP contribution in [0.1, 0.15) is 11.4 Å². The number of hydrogen-bond donors (Lipinski definition) is 3. The lowest BCUT2D eigenvalue weighted by molar-refractivity contribution is -0.383. The number of carbonyl (C=O) groups excluding carboxylic acids is 1. The predicted octanol–water partition coefficient (Wildman–Crippen LogP) is 8.75. The van der Waals surface area contributed by atoms with Crippen molar-refractivity contribution in [2.45, 2.75) is 6.42 Å². The summed E-state index contributed by atoms with van der Waals surface area (Å²) in [6.45, 7) is -0.138. The van der Waals surface area contributed by atoms with Gasteiger partial charge in [-0.25, -0.2) is 4.98 Å². The molecule has 1 aromatic heterocycles. The first-order chi connectivity index (χ1) is 23.2. The molecule has 0 aliphatic rings. The molecule has 0 spiro atoms. The monoisotopic (exact) mass is 742 g/mol. The van der Waals surface area contributed by atoms with Crippen molar-refractivity contribution in [2.75, 3.05) is 22.5 Å². The first kappa shape index (κ1) is 32.7. The van der Waals surface area contributed by atoms with Crippen LogP contribution in [0, 0.1) is 10.1 Å². The van der Waals surface area contributed by atoms with Crippen LogP contribution in [0.4, 0.5) is 28.4 Å². The molecule has 0 bridgehead atoms. The average Bonchev–Trinajstić information content (AvgIpc) is 3.07. The number of halogens is 3. The second kappa shape index (κ2) is 14.3. The molecule has 5 aromatic carbocycles. The van der Waals surface area contributed by atoms with E-state index < -0.39 is 10.8 Å². The van der Waals surface area contributed by atoms with E-state index in [4.69, 9.17) is 28.2 Å². The highest BCUT2D eigenvalue weighted by Gasteiger charge is 2.18. The van der Waals surface area contributed by atoms with Crippen molar-refractivity contribution in [1.29, 1.82) is 0 Å². The van der Waals surface area contributed by atoms with Gasteiger partial charge >= 0.3 is 0 Å². The molecule has 0 aliphatic heterocycles. The third-order valence-corrected chi connectivity index (χ3v) is 8.56. The van der Waals surface area contributed by atoms with Crippen LogP contribution in [0.25, 0.3) is 16.6 Å². The molecule has 6 rings (SSSR count). The van der Waals surface area contributed by atoms with Gasteiger partial charge in [0, 0.05) is 28.3 Å². The Morgan fingerprint density at radius 3 is 2.29 bits per heavy atom. The van der Waals surface area contributed by atoms with E-state index in [1.807, 2.05) is 30.3 Å². The molecule has 10 nitrogen and oxygen atoms in total. The summed E-state index contributed by atoms with van der Waals surface area (Å²) in [5, 5.41) is 21.6. The van der Waals surface area contributed by atoms with E-state index in [2.05, 4.69) is 31.9 Å². The molecule has 0 aliphatic carbocycles. The van der Waals surface area contributed by atoms with Gasteiger partial charge in [0.15, 0.2) is 0 Å². The highest BCUT2D eigenvalue weighted by atomic mass is 79.9. The van der Waals surface area contributed by atoms with Crippen LogP contribution in [0.3, 0.4) is 0 Å².